The second-order valence-corrected chi connectivity index (χ2v) is 3.71. The Kier molecular flexibility index (Phi) is 3.16. The van der Waals surface area contributed by atoms with Crippen LogP contribution in [-0.4, -0.2) is 26.7 Å². The molecule has 0 unspecified atom stereocenters. The van der Waals surface area contributed by atoms with Gasteiger partial charge in [-0.15, -0.1) is 0 Å². The quantitative estimate of drug-likeness (QED) is 0.691. The Morgan fingerprint density at radius 3 is 2.44 bits per heavy atom. The number of benzene rings is 1. The van der Waals surface area contributed by atoms with Crippen molar-refractivity contribution in [3.8, 4) is 11.3 Å². The Labute approximate surface area is 103 Å². The topological polar surface area (TPSA) is 90.1 Å². The fourth-order valence-electron chi connectivity index (χ4n) is 1.75. The predicted octanol–water partition coefficient (Wildman–Crippen LogP) is 1.61. The normalized spacial score (nSPS) is 10.0. The Bertz CT molecular complexity index is 641. The van der Waals surface area contributed by atoms with Gasteiger partial charge in [-0.1, -0.05) is 24.3 Å². The highest BCUT2D eigenvalue weighted by Crippen LogP contribution is 2.21. The molecule has 0 saturated heterocycles. The maximum atomic E-state index is 10.6. The van der Waals surface area contributed by atoms with Crippen LogP contribution in [0.2, 0.25) is 0 Å². The van der Waals surface area contributed by atoms with E-state index >= 15 is 0 Å². The van der Waals surface area contributed by atoms with E-state index in [0.29, 0.717) is 5.56 Å². The summed E-state index contributed by atoms with van der Waals surface area (Å²) in [6.07, 6.45) is 4.14. The lowest BCUT2D eigenvalue weighted by molar-refractivity contribution is 0.112. The summed E-state index contributed by atoms with van der Waals surface area (Å²) in [5, 5.41) is 0. The van der Waals surface area contributed by atoms with Crippen molar-refractivity contribution in [2.45, 2.75) is 0 Å². The number of aromatic nitrogens is 3. The molecule has 0 aliphatic heterocycles. The zero-order valence-electron chi connectivity index (χ0n) is 9.42. The van der Waals surface area contributed by atoms with Crippen LogP contribution in [0.4, 0.5) is 0 Å². The number of carbonyl (C=O) groups is 1. The Hall–Kier alpha value is -2.53. The van der Waals surface area contributed by atoms with Crippen molar-refractivity contribution in [1.82, 2.24) is 15.0 Å². The standard InChI is InChI=1S/C13H9N3O.H2O/c17-8-9-1-3-10(4-2-9)11-7-12-13(16-11)15-6-5-14-12;/h1-8H,(H,15,16);1H2. The number of fused-ring (bicyclic) bond motifs is 1. The van der Waals surface area contributed by atoms with Gasteiger partial charge in [-0.2, -0.15) is 0 Å². The summed E-state index contributed by atoms with van der Waals surface area (Å²) < 4.78 is 0. The summed E-state index contributed by atoms with van der Waals surface area (Å²) >= 11 is 0. The van der Waals surface area contributed by atoms with Gasteiger partial charge in [0.15, 0.2) is 5.65 Å². The van der Waals surface area contributed by atoms with Crippen LogP contribution in [0, 0.1) is 0 Å². The molecule has 2 aromatic heterocycles. The van der Waals surface area contributed by atoms with Gasteiger partial charge in [-0.25, -0.2) is 4.98 Å². The van der Waals surface area contributed by atoms with E-state index in [1.165, 1.54) is 0 Å². The Morgan fingerprint density at radius 2 is 1.78 bits per heavy atom. The number of hydrogen-bond donors (Lipinski definition) is 1. The second kappa shape index (κ2) is 4.77. The molecular formula is C13H11N3O2. The van der Waals surface area contributed by atoms with Crippen molar-refractivity contribution in [3.05, 3.63) is 48.3 Å². The van der Waals surface area contributed by atoms with Crippen LogP contribution in [0.5, 0.6) is 0 Å². The highest BCUT2D eigenvalue weighted by Gasteiger charge is 2.04. The zero-order chi connectivity index (χ0) is 11.7. The van der Waals surface area contributed by atoms with Gasteiger partial charge in [0.05, 0.1) is 0 Å². The Balaban J connectivity index is 0.00000120. The molecule has 90 valence electrons. The molecule has 5 nitrogen and oxygen atoms in total. The highest BCUT2D eigenvalue weighted by molar-refractivity contribution is 5.81. The summed E-state index contributed by atoms with van der Waals surface area (Å²) in [5.41, 5.74) is 4.23. The molecule has 0 atom stereocenters. The van der Waals surface area contributed by atoms with Gasteiger partial charge in [0.2, 0.25) is 0 Å². The molecule has 0 aliphatic carbocycles. The summed E-state index contributed by atoms with van der Waals surface area (Å²) in [4.78, 5) is 22.2. The first kappa shape index (κ1) is 11.9. The van der Waals surface area contributed by atoms with E-state index < -0.39 is 0 Å². The maximum Gasteiger partial charge on any atom is 0.156 e. The van der Waals surface area contributed by atoms with E-state index in [2.05, 4.69) is 15.0 Å². The molecule has 3 aromatic rings. The van der Waals surface area contributed by atoms with E-state index in [0.717, 1.165) is 28.7 Å². The predicted molar refractivity (Wildman–Crippen MR) is 68.3 cm³/mol. The summed E-state index contributed by atoms with van der Waals surface area (Å²) in [6, 6.07) is 9.31. The number of aldehydes is 1. The summed E-state index contributed by atoms with van der Waals surface area (Å²) in [6.45, 7) is 0. The highest BCUT2D eigenvalue weighted by atomic mass is 16.1. The maximum absolute atomic E-state index is 10.6. The Morgan fingerprint density at radius 1 is 1.06 bits per heavy atom. The minimum atomic E-state index is 0. The van der Waals surface area contributed by atoms with Crippen molar-refractivity contribution in [3.63, 3.8) is 0 Å². The molecule has 0 saturated carbocycles. The summed E-state index contributed by atoms with van der Waals surface area (Å²) in [7, 11) is 0. The lowest BCUT2D eigenvalue weighted by Gasteiger charge is -1.97. The van der Waals surface area contributed by atoms with E-state index in [1.807, 2.05) is 18.2 Å². The molecule has 0 fully saturated rings. The van der Waals surface area contributed by atoms with Crippen LogP contribution in [0.1, 0.15) is 10.4 Å². The number of H-pyrrole nitrogens is 1. The molecule has 0 amide bonds. The number of nitrogens with one attached hydrogen (secondary N) is 1. The molecule has 0 aliphatic rings. The zero-order valence-corrected chi connectivity index (χ0v) is 9.42. The van der Waals surface area contributed by atoms with Crippen LogP contribution >= 0.6 is 0 Å². The van der Waals surface area contributed by atoms with Crippen LogP contribution < -0.4 is 0 Å². The molecule has 0 radical (unpaired) electrons. The van der Waals surface area contributed by atoms with Gasteiger partial charge in [0.25, 0.3) is 0 Å². The van der Waals surface area contributed by atoms with E-state index in [-0.39, 0.29) is 5.48 Å². The first-order chi connectivity index (χ1) is 8.36. The minimum absolute atomic E-state index is 0. The molecule has 2 heterocycles. The number of rotatable bonds is 2. The largest absolute Gasteiger partial charge is 0.412 e. The van der Waals surface area contributed by atoms with Crippen LogP contribution in [0.15, 0.2) is 42.7 Å². The molecule has 18 heavy (non-hydrogen) atoms. The van der Waals surface area contributed by atoms with Gasteiger partial charge < -0.3 is 10.5 Å². The SMILES string of the molecule is O.O=Cc1ccc(-c2cc3nccnc3[nH]2)cc1. The number of hydrogen-bond acceptors (Lipinski definition) is 3. The molecule has 5 heteroatoms. The molecular weight excluding hydrogens is 230 g/mol. The van der Waals surface area contributed by atoms with Gasteiger partial charge in [0, 0.05) is 23.7 Å². The lowest BCUT2D eigenvalue weighted by Crippen LogP contribution is -1.81. The van der Waals surface area contributed by atoms with E-state index in [4.69, 9.17) is 0 Å². The van der Waals surface area contributed by atoms with Crippen molar-refractivity contribution in [2.24, 2.45) is 0 Å². The van der Waals surface area contributed by atoms with Gasteiger partial charge >= 0.3 is 0 Å². The second-order valence-electron chi connectivity index (χ2n) is 3.71. The van der Waals surface area contributed by atoms with Gasteiger partial charge in [0.1, 0.15) is 11.8 Å². The van der Waals surface area contributed by atoms with Crippen LogP contribution in [0.3, 0.4) is 0 Å². The fraction of sp³-hybridized carbons (Fsp3) is 0. The third-order valence-electron chi connectivity index (χ3n) is 2.62. The molecule has 1 aromatic carbocycles. The van der Waals surface area contributed by atoms with Gasteiger partial charge in [-0.3, -0.25) is 9.78 Å². The number of carbonyl (C=O) groups excluding carboxylic acids is 1. The number of nitrogens with zero attached hydrogens (tertiary/aromatic N) is 2. The van der Waals surface area contributed by atoms with Crippen LogP contribution in [0.25, 0.3) is 22.4 Å². The van der Waals surface area contributed by atoms with Crippen molar-refractivity contribution < 1.29 is 10.3 Å². The number of aromatic amines is 1. The van der Waals surface area contributed by atoms with Crippen molar-refractivity contribution >= 4 is 17.5 Å². The molecule has 0 spiro atoms. The average molecular weight is 241 g/mol. The first-order valence-corrected chi connectivity index (χ1v) is 5.22. The average Bonchev–Trinajstić information content (AvgIpc) is 2.82. The van der Waals surface area contributed by atoms with E-state index in [1.54, 1.807) is 24.5 Å². The monoisotopic (exact) mass is 241 g/mol. The molecule has 0 bridgehead atoms. The molecule has 3 rings (SSSR count). The summed E-state index contributed by atoms with van der Waals surface area (Å²) in [5.74, 6) is 0. The van der Waals surface area contributed by atoms with Crippen LogP contribution in [-0.2, 0) is 0 Å². The minimum Gasteiger partial charge on any atom is -0.412 e. The van der Waals surface area contributed by atoms with E-state index in [9.17, 15) is 4.79 Å². The van der Waals surface area contributed by atoms with Crippen molar-refractivity contribution in [2.75, 3.05) is 0 Å². The third kappa shape index (κ3) is 1.99. The molecule has 3 N–H and O–H groups in total. The smallest absolute Gasteiger partial charge is 0.156 e. The van der Waals surface area contributed by atoms with Gasteiger partial charge in [-0.05, 0) is 11.6 Å². The third-order valence-corrected chi connectivity index (χ3v) is 2.62. The lowest BCUT2D eigenvalue weighted by atomic mass is 10.1. The van der Waals surface area contributed by atoms with Crippen molar-refractivity contribution in [1.29, 1.82) is 0 Å². The first-order valence-electron chi connectivity index (χ1n) is 5.22. The fourth-order valence-corrected chi connectivity index (χ4v) is 1.75.